The summed E-state index contributed by atoms with van der Waals surface area (Å²) in [5.74, 6) is 2.54. The van der Waals surface area contributed by atoms with E-state index >= 15 is 0 Å². The third kappa shape index (κ3) is 3.41. The van der Waals surface area contributed by atoms with Crippen LogP contribution in [0.1, 0.15) is 30.3 Å². The van der Waals surface area contributed by atoms with E-state index in [1.807, 2.05) is 24.7 Å². The van der Waals surface area contributed by atoms with Crippen LogP contribution in [0.3, 0.4) is 0 Å². The molecule has 4 heterocycles. The predicted molar refractivity (Wildman–Crippen MR) is 98.9 cm³/mol. The lowest BCUT2D eigenvalue weighted by Gasteiger charge is -2.48. The molecule has 2 aromatic heterocycles. The average molecular weight is 351 g/mol. The standard InChI is InChI=1S/C19H25N7/c1-5-21-19(22-6-1)26-10-8-25(9-11-26)17-13-24(14-17)12-16-4-7-20-18(23-16)15-2-3-15/h1,4-7,15,17H,2-3,8-14H2. The summed E-state index contributed by atoms with van der Waals surface area (Å²) in [6.07, 6.45) is 8.09. The van der Waals surface area contributed by atoms with Gasteiger partial charge in [-0.25, -0.2) is 19.9 Å². The van der Waals surface area contributed by atoms with Crippen molar-refractivity contribution in [1.29, 1.82) is 0 Å². The maximum Gasteiger partial charge on any atom is 0.225 e. The lowest BCUT2D eigenvalue weighted by molar-refractivity contribution is 0.0247. The van der Waals surface area contributed by atoms with Crippen molar-refractivity contribution in [3.8, 4) is 0 Å². The number of hydrogen-bond acceptors (Lipinski definition) is 7. The fourth-order valence-corrected chi connectivity index (χ4v) is 3.91. The van der Waals surface area contributed by atoms with E-state index in [1.54, 1.807) is 0 Å². The van der Waals surface area contributed by atoms with E-state index < -0.39 is 0 Å². The van der Waals surface area contributed by atoms with Gasteiger partial charge in [0.2, 0.25) is 5.95 Å². The summed E-state index contributed by atoms with van der Waals surface area (Å²) < 4.78 is 0. The minimum atomic E-state index is 0.629. The highest BCUT2D eigenvalue weighted by Gasteiger charge is 2.34. The summed E-state index contributed by atoms with van der Waals surface area (Å²) in [5.41, 5.74) is 1.17. The lowest BCUT2D eigenvalue weighted by Crippen LogP contribution is -2.62. The molecule has 7 heteroatoms. The summed E-state index contributed by atoms with van der Waals surface area (Å²) in [5, 5.41) is 0. The van der Waals surface area contributed by atoms with Crippen molar-refractivity contribution < 1.29 is 0 Å². The van der Waals surface area contributed by atoms with Crippen molar-refractivity contribution >= 4 is 5.95 Å². The fourth-order valence-electron chi connectivity index (χ4n) is 3.91. The molecule has 2 aliphatic heterocycles. The lowest BCUT2D eigenvalue weighted by atomic mass is 10.1. The van der Waals surface area contributed by atoms with Crippen LogP contribution < -0.4 is 4.90 Å². The van der Waals surface area contributed by atoms with E-state index in [0.717, 1.165) is 57.6 Å². The number of nitrogens with zero attached hydrogens (tertiary/aromatic N) is 7. The molecule has 2 saturated heterocycles. The van der Waals surface area contributed by atoms with E-state index in [0.29, 0.717) is 12.0 Å². The molecule has 136 valence electrons. The van der Waals surface area contributed by atoms with Crippen molar-refractivity contribution in [3.63, 3.8) is 0 Å². The van der Waals surface area contributed by atoms with Gasteiger partial charge < -0.3 is 4.90 Å². The summed E-state index contributed by atoms with van der Waals surface area (Å²) in [7, 11) is 0. The minimum Gasteiger partial charge on any atom is -0.338 e. The Bertz CT molecular complexity index is 735. The van der Waals surface area contributed by atoms with Gasteiger partial charge in [-0.1, -0.05) is 0 Å². The third-order valence-corrected chi connectivity index (χ3v) is 5.66. The Morgan fingerprint density at radius 1 is 0.923 bits per heavy atom. The number of anilines is 1. The molecule has 0 aromatic carbocycles. The van der Waals surface area contributed by atoms with E-state index in [9.17, 15) is 0 Å². The van der Waals surface area contributed by atoms with Crippen molar-refractivity contribution in [2.24, 2.45) is 0 Å². The first kappa shape index (κ1) is 16.1. The Kier molecular flexibility index (Phi) is 4.26. The van der Waals surface area contributed by atoms with Gasteiger partial charge >= 0.3 is 0 Å². The Labute approximate surface area is 154 Å². The molecule has 0 unspecified atom stereocenters. The number of hydrogen-bond donors (Lipinski definition) is 0. The van der Waals surface area contributed by atoms with E-state index in [1.165, 1.54) is 18.5 Å². The van der Waals surface area contributed by atoms with Crippen LogP contribution in [0.2, 0.25) is 0 Å². The van der Waals surface area contributed by atoms with Crippen molar-refractivity contribution in [1.82, 2.24) is 29.7 Å². The zero-order chi connectivity index (χ0) is 17.3. The number of piperazine rings is 1. The van der Waals surface area contributed by atoms with Gasteiger partial charge in [0.05, 0.1) is 5.69 Å². The quantitative estimate of drug-likeness (QED) is 0.801. The molecule has 0 amide bonds. The molecule has 0 spiro atoms. The first-order valence-electron chi connectivity index (χ1n) is 9.65. The zero-order valence-electron chi connectivity index (χ0n) is 15.0. The molecular formula is C19H25N7. The molecule has 0 bridgehead atoms. The first-order chi connectivity index (χ1) is 12.8. The topological polar surface area (TPSA) is 61.3 Å². The highest BCUT2D eigenvalue weighted by molar-refractivity contribution is 5.29. The molecule has 7 nitrogen and oxygen atoms in total. The zero-order valence-corrected chi connectivity index (χ0v) is 15.0. The molecular weight excluding hydrogens is 326 g/mol. The summed E-state index contributed by atoms with van der Waals surface area (Å²) in [4.78, 5) is 25.3. The maximum atomic E-state index is 4.75. The molecule has 0 N–H and O–H groups in total. The van der Waals surface area contributed by atoms with Gasteiger partial charge in [0, 0.05) is 76.4 Å². The average Bonchev–Trinajstić information content (AvgIpc) is 3.51. The van der Waals surface area contributed by atoms with Crippen molar-refractivity contribution in [3.05, 3.63) is 42.2 Å². The van der Waals surface area contributed by atoms with Crippen LogP contribution in [-0.2, 0) is 6.54 Å². The highest BCUT2D eigenvalue weighted by Crippen LogP contribution is 2.37. The van der Waals surface area contributed by atoms with Crippen LogP contribution in [-0.4, -0.2) is 75.0 Å². The maximum absolute atomic E-state index is 4.75. The molecule has 0 radical (unpaired) electrons. The monoisotopic (exact) mass is 351 g/mol. The Balaban J connectivity index is 1.09. The van der Waals surface area contributed by atoms with Crippen LogP contribution in [0, 0.1) is 0 Å². The smallest absolute Gasteiger partial charge is 0.225 e. The molecule has 3 fully saturated rings. The molecule has 0 atom stereocenters. The van der Waals surface area contributed by atoms with E-state index in [-0.39, 0.29) is 0 Å². The van der Waals surface area contributed by atoms with Crippen LogP contribution in [0.15, 0.2) is 30.7 Å². The van der Waals surface area contributed by atoms with Crippen LogP contribution in [0.5, 0.6) is 0 Å². The summed E-state index contributed by atoms with van der Waals surface area (Å²) >= 11 is 0. The third-order valence-electron chi connectivity index (χ3n) is 5.66. The molecule has 26 heavy (non-hydrogen) atoms. The Hall–Kier alpha value is -2.12. The van der Waals surface area contributed by atoms with Crippen molar-refractivity contribution in [2.45, 2.75) is 31.3 Å². The largest absolute Gasteiger partial charge is 0.338 e. The summed E-state index contributed by atoms with van der Waals surface area (Å²) in [6, 6.07) is 4.62. The fraction of sp³-hybridized carbons (Fsp3) is 0.579. The Morgan fingerprint density at radius 2 is 1.69 bits per heavy atom. The second-order valence-electron chi connectivity index (χ2n) is 7.60. The van der Waals surface area contributed by atoms with Crippen LogP contribution >= 0.6 is 0 Å². The predicted octanol–water partition coefficient (Wildman–Crippen LogP) is 1.15. The van der Waals surface area contributed by atoms with Crippen LogP contribution in [0.4, 0.5) is 5.95 Å². The van der Waals surface area contributed by atoms with Gasteiger partial charge in [-0.05, 0) is 25.0 Å². The number of likely N-dealkylation sites (tertiary alicyclic amines) is 1. The van der Waals surface area contributed by atoms with E-state index in [4.69, 9.17) is 4.98 Å². The highest BCUT2D eigenvalue weighted by atomic mass is 15.4. The minimum absolute atomic E-state index is 0.629. The number of rotatable bonds is 5. The molecule has 1 aliphatic carbocycles. The van der Waals surface area contributed by atoms with Gasteiger partial charge in [-0.3, -0.25) is 9.80 Å². The SMILES string of the molecule is c1cnc(N2CCN(C3CN(Cc4ccnc(C5CC5)n4)C3)CC2)nc1. The molecule has 3 aliphatic rings. The van der Waals surface area contributed by atoms with Crippen molar-refractivity contribution in [2.75, 3.05) is 44.2 Å². The van der Waals surface area contributed by atoms with Gasteiger partial charge in [-0.15, -0.1) is 0 Å². The second kappa shape index (κ2) is 6.89. The molecule has 1 saturated carbocycles. The van der Waals surface area contributed by atoms with Gasteiger partial charge in [0.15, 0.2) is 0 Å². The second-order valence-corrected chi connectivity index (χ2v) is 7.60. The summed E-state index contributed by atoms with van der Waals surface area (Å²) in [6.45, 7) is 7.45. The van der Waals surface area contributed by atoms with Gasteiger partial charge in [0.25, 0.3) is 0 Å². The van der Waals surface area contributed by atoms with Gasteiger partial charge in [-0.2, -0.15) is 0 Å². The molecule has 5 rings (SSSR count). The molecule has 2 aromatic rings. The number of aromatic nitrogens is 4. The first-order valence-corrected chi connectivity index (χ1v) is 9.65. The van der Waals surface area contributed by atoms with Crippen LogP contribution in [0.25, 0.3) is 0 Å². The Morgan fingerprint density at radius 3 is 2.42 bits per heavy atom. The van der Waals surface area contributed by atoms with E-state index in [2.05, 4.69) is 35.7 Å². The normalized spacial score (nSPS) is 22.4. The van der Waals surface area contributed by atoms with Gasteiger partial charge in [0.1, 0.15) is 5.82 Å².